The van der Waals surface area contributed by atoms with E-state index in [1.807, 2.05) is 24.3 Å². The van der Waals surface area contributed by atoms with E-state index in [1.54, 1.807) is 12.1 Å². The molecule has 3 aromatic rings. The molecule has 0 radical (unpaired) electrons. The first-order valence-corrected chi connectivity index (χ1v) is 14.8. The van der Waals surface area contributed by atoms with Crippen LogP contribution >= 0.6 is 31.9 Å². The highest BCUT2D eigenvalue weighted by atomic mass is 79.9. The Kier molecular flexibility index (Phi) is 6.86. The average Bonchev–Trinajstić information content (AvgIpc) is 3.39. The normalized spacial score (nSPS) is 17.7. The van der Waals surface area contributed by atoms with Gasteiger partial charge in [-0.2, -0.15) is 0 Å². The summed E-state index contributed by atoms with van der Waals surface area (Å²) in [4.78, 5) is 14.9. The van der Waals surface area contributed by atoms with Crippen LogP contribution in [0.25, 0.3) is 0 Å². The number of carbonyl (C=O) groups excluding carboxylic acids is 1. The molecule has 4 rings (SSSR count). The Balaban J connectivity index is 1.65. The van der Waals surface area contributed by atoms with Crippen LogP contribution in [0.15, 0.2) is 84.0 Å². The van der Waals surface area contributed by atoms with Gasteiger partial charge in [-0.1, -0.05) is 44.0 Å². The number of carbonyl (C=O) groups is 1. The van der Waals surface area contributed by atoms with E-state index in [0.717, 1.165) is 14.5 Å². The van der Waals surface area contributed by atoms with Crippen LogP contribution in [0.3, 0.4) is 0 Å². The fourth-order valence-electron chi connectivity index (χ4n) is 3.67. The molecule has 1 saturated heterocycles. The van der Waals surface area contributed by atoms with Crippen molar-refractivity contribution in [1.82, 2.24) is 4.90 Å². The lowest BCUT2D eigenvalue weighted by Gasteiger charge is -2.27. The molecule has 0 N–H and O–H groups in total. The van der Waals surface area contributed by atoms with Crippen molar-refractivity contribution in [2.75, 3.05) is 11.5 Å². The van der Waals surface area contributed by atoms with Crippen LogP contribution in [0, 0.1) is 0 Å². The Morgan fingerprint density at radius 2 is 1.76 bits per heavy atom. The molecule has 2 aromatic carbocycles. The molecule has 1 aromatic heterocycles. The summed E-state index contributed by atoms with van der Waals surface area (Å²) in [5.41, 5.74) is 0.802. The molecule has 7 nitrogen and oxygen atoms in total. The highest BCUT2D eigenvalue weighted by Gasteiger charge is 2.36. The second kappa shape index (κ2) is 9.36. The van der Waals surface area contributed by atoms with Crippen LogP contribution < -0.4 is 0 Å². The molecular formula is C22H19Br2NO6S2. The second-order valence-corrected chi connectivity index (χ2v) is 13.6. The van der Waals surface area contributed by atoms with E-state index in [-0.39, 0.29) is 33.8 Å². The Hall–Kier alpha value is -1.95. The molecule has 2 heterocycles. The van der Waals surface area contributed by atoms with Crippen LogP contribution in [0.5, 0.6) is 0 Å². The first-order valence-electron chi connectivity index (χ1n) is 9.91. The predicted molar refractivity (Wildman–Crippen MR) is 129 cm³/mol. The minimum Gasteiger partial charge on any atom is -0.439 e. The number of furan rings is 1. The molecule has 0 bridgehead atoms. The Bertz CT molecular complexity index is 1400. The molecule has 1 aliphatic heterocycles. The van der Waals surface area contributed by atoms with Crippen molar-refractivity contribution in [2.45, 2.75) is 29.0 Å². The zero-order chi connectivity index (χ0) is 23.8. The number of amides is 1. The molecule has 1 amide bonds. The van der Waals surface area contributed by atoms with Gasteiger partial charge in [0, 0.05) is 21.5 Å². The molecule has 0 saturated carbocycles. The van der Waals surface area contributed by atoms with Gasteiger partial charge in [0.25, 0.3) is 5.91 Å². The Labute approximate surface area is 208 Å². The van der Waals surface area contributed by atoms with Gasteiger partial charge >= 0.3 is 0 Å². The molecule has 11 heteroatoms. The third kappa shape index (κ3) is 5.42. The van der Waals surface area contributed by atoms with Gasteiger partial charge in [-0.25, -0.2) is 16.8 Å². The number of hydrogen-bond acceptors (Lipinski definition) is 6. The van der Waals surface area contributed by atoms with Gasteiger partial charge < -0.3 is 9.32 Å². The van der Waals surface area contributed by atoms with E-state index in [2.05, 4.69) is 31.9 Å². The molecule has 0 spiro atoms. The van der Waals surface area contributed by atoms with Crippen LogP contribution in [0.4, 0.5) is 0 Å². The quantitative estimate of drug-likeness (QED) is 0.405. The van der Waals surface area contributed by atoms with Crippen LogP contribution in [-0.4, -0.2) is 45.2 Å². The standard InChI is InChI=1S/C22H19Br2NO6S2/c23-16-4-6-19(7-5-16)33(29,30)21-9-8-20(31-21)22(26)25(18-10-11-32(27,28)14-18)13-15-2-1-3-17(24)12-15/h1-9,12,18H,10-11,13-14H2/t18-/m1/s1. The van der Waals surface area contributed by atoms with E-state index >= 15 is 0 Å². The van der Waals surface area contributed by atoms with E-state index in [9.17, 15) is 21.6 Å². The first kappa shape index (κ1) is 24.2. The molecule has 0 aliphatic carbocycles. The smallest absolute Gasteiger partial charge is 0.290 e. The second-order valence-electron chi connectivity index (χ2n) is 7.70. The van der Waals surface area contributed by atoms with Crippen molar-refractivity contribution in [3.63, 3.8) is 0 Å². The van der Waals surface area contributed by atoms with Crippen molar-refractivity contribution in [3.8, 4) is 0 Å². The minimum absolute atomic E-state index is 0.00127. The predicted octanol–water partition coefficient (Wildman–Crippen LogP) is 4.47. The monoisotopic (exact) mass is 615 g/mol. The molecule has 0 unspecified atom stereocenters. The highest BCUT2D eigenvalue weighted by molar-refractivity contribution is 9.10. The Morgan fingerprint density at radius 3 is 2.39 bits per heavy atom. The summed E-state index contributed by atoms with van der Waals surface area (Å²) in [6.45, 7) is 0.161. The zero-order valence-corrected chi connectivity index (χ0v) is 22.0. The lowest BCUT2D eigenvalue weighted by molar-refractivity contribution is 0.0642. The van der Waals surface area contributed by atoms with Gasteiger partial charge in [0.05, 0.1) is 16.4 Å². The number of sulfone groups is 2. The lowest BCUT2D eigenvalue weighted by Crippen LogP contribution is -2.40. The van der Waals surface area contributed by atoms with E-state index < -0.39 is 31.6 Å². The van der Waals surface area contributed by atoms with E-state index in [0.29, 0.717) is 6.42 Å². The SMILES string of the molecule is O=C(c1ccc(S(=O)(=O)c2ccc(Br)cc2)o1)N(Cc1cccc(Br)c1)[C@@H]1CCS(=O)(=O)C1. The molecule has 1 aliphatic rings. The van der Waals surface area contributed by atoms with Gasteiger partial charge in [0.1, 0.15) is 0 Å². The summed E-state index contributed by atoms with van der Waals surface area (Å²) in [6.07, 6.45) is 0.312. The number of hydrogen-bond donors (Lipinski definition) is 0. The highest BCUT2D eigenvalue weighted by Crippen LogP contribution is 2.27. The maximum absolute atomic E-state index is 13.4. The van der Waals surface area contributed by atoms with Gasteiger partial charge in [0.15, 0.2) is 15.6 Å². The summed E-state index contributed by atoms with van der Waals surface area (Å²) < 4.78 is 57.0. The zero-order valence-electron chi connectivity index (χ0n) is 17.1. The summed E-state index contributed by atoms with van der Waals surface area (Å²) in [5.74, 6) is -0.863. The number of benzene rings is 2. The fraction of sp³-hybridized carbons (Fsp3) is 0.227. The van der Waals surface area contributed by atoms with Crippen LogP contribution in [0.1, 0.15) is 22.5 Å². The van der Waals surface area contributed by atoms with Gasteiger partial charge in [-0.15, -0.1) is 0 Å². The molecule has 1 atom stereocenters. The number of rotatable bonds is 6. The topological polar surface area (TPSA) is 102 Å². The average molecular weight is 617 g/mol. The van der Waals surface area contributed by atoms with Crippen LogP contribution in [0.2, 0.25) is 0 Å². The minimum atomic E-state index is -3.96. The van der Waals surface area contributed by atoms with Gasteiger partial charge in [-0.05, 0) is 60.5 Å². The van der Waals surface area contributed by atoms with E-state index in [1.165, 1.54) is 29.2 Å². The number of halogens is 2. The van der Waals surface area contributed by atoms with Crippen molar-refractivity contribution in [2.24, 2.45) is 0 Å². The van der Waals surface area contributed by atoms with Crippen LogP contribution in [-0.2, 0) is 26.2 Å². The Morgan fingerprint density at radius 1 is 1.03 bits per heavy atom. The van der Waals surface area contributed by atoms with Gasteiger partial charge in [0.2, 0.25) is 14.9 Å². The summed E-state index contributed by atoms with van der Waals surface area (Å²) in [7, 11) is -7.20. The van der Waals surface area contributed by atoms with E-state index in [4.69, 9.17) is 4.42 Å². The summed E-state index contributed by atoms with van der Waals surface area (Å²) in [5, 5.41) is -0.352. The molecule has 1 fully saturated rings. The van der Waals surface area contributed by atoms with Gasteiger partial charge in [-0.3, -0.25) is 4.79 Å². The molecule has 33 heavy (non-hydrogen) atoms. The van der Waals surface area contributed by atoms with Crippen molar-refractivity contribution in [3.05, 3.63) is 80.9 Å². The van der Waals surface area contributed by atoms with Crippen molar-refractivity contribution >= 4 is 57.4 Å². The largest absolute Gasteiger partial charge is 0.439 e. The third-order valence-corrected chi connectivity index (χ3v) is 9.75. The van der Waals surface area contributed by atoms with Crippen molar-refractivity contribution < 1.29 is 26.0 Å². The molecular weight excluding hydrogens is 598 g/mol. The summed E-state index contributed by atoms with van der Waals surface area (Å²) in [6, 6.07) is 15.4. The lowest BCUT2D eigenvalue weighted by atomic mass is 10.1. The maximum atomic E-state index is 13.4. The number of nitrogens with zero attached hydrogens (tertiary/aromatic N) is 1. The fourth-order valence-corrected chi connectivity index (χ4v) is 7.29. The molecule has 174 valence electrons. The third-order valence-electron chi connectivity index (χ3n) is 5.33. The van der Waals surface area contributed by atoms with Crippen molar-refractivity contribution in [1.29, 1.82) is 0 Å². The summed E-state index contributed by atoms with van der Waals surface area (Å²) >= 11 is 6.67. The maximum Gasteiger partial charge on any atom is 0.290 e. The first-order chi connectivity index (χ1) is 15.5.